The smallest absolute Gasteiger partial charge is 0.253 e. The third-order valence-corrected chi connectivity index (χ3v) is 8.19. The molecule has 8 nitrogen and oxygen atoms in total. The van der Waals surface area contributed by atoms with Crippen molar-refractivity contribution in [1.82, 2.24) is 30.1 Å². The summed E-state index contributed by atoms with van der Waals surface area (Å²) in [5.74, 6) is 0.504. The maximum absolute atomic E-state index is 13.6. The van der Waals surface area contributed by atoms with Gasteiger partial charge in [0, 0.05) is 48.3 Å². The average molecular weight is 516 g/mol. The minimum Gasteiger partial charge on any atom is -0.369 e. The van der Waals surface area contributed by atoms with Crippen LogP contribution in [0.3, 0.4) is 0 Å². The molecule has 2 fully saturated rings. The molecule has 9 heteroatoms. The van der Waals surface area contributed by atoms with Gasteiger partial charge in [0.05, 0.1) is 6.04 Å². The van der Waals surface area contributed by atoms with Crippen molar-refractivity contribution in [3.63, 3.8) is 0 Å². The molecule has 6 rings (SSSR count). The number of fused-ring (bicyclic) bond motifs is 1. The van der Waals surface area contributed by atoms with Crippen LogP contribution in [0.2, 0.25) is 0 Å². The van der Waals surface area contributed by atoms with E-state index < -0.39 is 0 Å². The highest BCUT2D eigenvalue weighted by Crippen LogP contribution is 2.34. The summed E-state index contributed by atoms with van der Waals surface area (Å²) in [6.45, 7) is 7.10. The Labute approximate surface area is 221 Å². The number of anilines is 1. The van der Waals surface area contributed by atoms with Crippen LogP contribution in [0.25, 0.3) is 10.9 Å². The van der Waals surface area contributed by atoms with Gasteiger partial charge in [0.1, 0.15) is 11.9 Å². The number of nitrogens with one attached hydrogen (secondary N) is 1. The predicted octanol–water partition coefficient (Wildman–Crippen LogP) is 4.69. The molecule has 0 amide bonds. The van der Waals surface area contributed by atoms with Crippen molar-refractivity contribution in [2.75, 3.05) is 31.1 Å². The van der Waals surface area contributed by atoms with Crippen molar-refractivity contribution >= 4 is 16.6 Å². The first kappa shape index (κ1) is 24.7. The quantitative estimate of drug-likeness (QED) is 0.415. The van der Waals surface area contributed by atoms with Gasteiger partial charge in [-0.3, -0.25) is 9.69 Å². The number of hydrogen-bond donors (Lipinski definition) is 1. The van der Waals surface area contributed by atoms with Crippen LogP contribution in [0, 0.1) is 19.7 Å². The zero-order chi connectivity index (χ0) is 26.2. The van der Waals surface area contributed by atoms with Gasteiger partial charge in [-0.2, -0.15) is 0 Å². The van der Waals surface area contributed by atoms with E-state index in [0.717, 1.165) is 72.6 Å². The van der Waals surface area contributed by atoms with Crippen LogP contribution < -0.4 is 10.5 Å². The van der Waals surface area contributed by atoms with E-state index in [2.05, 4.69) is 43.3 Å². The van der Waals surface area contributed by atoms with Crippen LogP contribution in [0.4, 0.5) is 10.1 Å². The van der Waals surface area contributed by atoms with Crippen LogP contribution in [0.1, 0.15) is 66.7 Å². The lowest BCUT2D eigenvalue weighted by atomic mass is 9.94. The minimum absolute atomic E-state index is 0.105. The van der Waals surface area contributed by atoms with E-state index in [9.17, 15) is 9.18 Å². The fourth-order valence-electron chi connectivity index (χ4n) is 6.25. The summed E-state index contributed by atoms with van der Waals surface area (Å²) in [6.07, 6.45) is 5.68. The summed E-state index contributed by atoms with van der Waals surface area (Å²) in [5, 5.41) is 14.1. The van der Waals surface area contributed by atoms with Crippen LogP contribution in [-0.2, 0) is 0 Å². The lowest BCUT2D eigenvalue weighted by Gasteiger charge is -2.40. The molecule has 2 aromatic carbocycles. The van der Waals surface area contributed by atoms with Gasteiger partial charge in [-0.1, -0.05) is 25.3 Å². The Morgan fingerprint density at radius 2 is 1.71 bits per heavy atom. The third-order valence-electron chi connectivity index (χ3n) is 8.19. The predicted molar refractivity (Wildman–Crippen MR) is 146 cm³/mol. The highest BCUT2D eigenvalue weighted by Gasteiger charge is 2.34. The molecule has 1 saturated heterocycles. The number of piperazine rings is 1. The second kappa shape index (κ2) is 10.3. The Morgan fingerprint density at radius 1 is 0.974 bits per heavy atom. The highest BCUT2D eigenvalue weighted by atomic mass is 19.1. The van der Waals surface area contributed by atoms with Gasteiger partial charge >= 0.3 is 0 Å². The molecule has 0 bridgehead atoms. The van der Waals surface area contributed by atoms with Crippen LogP contribution >= 0.6 is 0 Å². The SMILES string of the molecule is Cc1cc(C)c2cc(C(c3nnnn3C3CCCCC3)N3CCN(c4ccc(F)cc4)CC3)c(=O)[nH]c2c1. The molecule has 1 N–H and O–H groups in total. The zero-order valence-corrected chi connectivity index (χ0v) is 22.0. The monoisotopic (exact) mass is 515 g/mol. The van der Waals surface area contributed by atoms with Crippen molar-refractivity contribution in [3.8, 4) is 0 Å². The number of halogens is 1. The van der Waals surface area contributed by atoms with E-state index in [-0.39, 0.29) is 23.5 Å². The molecule has 4 aromatic rings. The topological polar surface area (TPSA) is 82.9 Å². The number of aromatic amines is 1. The number of pyridine rings is 1. The van der Waals surface area contributed by atoms with E-state index in [1.165, 1.54) is 31.4 Å². The summed E-state index contributed by atoms with van der Waals surface area (Å²) in [4.78, 5) is 21.4. The second-order valence-corrected chi connectivity index (χ2v) is 10.8. The molecular formula is C29H34FN7O. The van der Waals surface area contributed by atoms with Gasteiger partial charge in [-0.15, -0.1) is 5.10 Å². The van der Waals surface area contributed by atoms with Crippen molar-refractivity contribution in [2.45, 2.75) is 58.0 Å². The summed E-state index contributed by atoms with van der Waals surface area (Å²) >= 11 is 0. The Balaban J connectivity index is 1.40. The van der Waals surface area contributed by atoms with Crippen molar-refractivity contribution < 1.29 is 4.39 Å². The standard InChI is InChI=1S/C29H34FN7O/c1-19-16-20(2)24-18-25(29(38)31-26(24)17-19)27(28-32-33-34-37(28)23-6-4-3-5-7-23)36-14-12-35(13-15-36)22-10-8-21(30)9-11-22/h8-11,16-18,23,27H,3-7,12-15H2,1-2H3,(H,31,38). The van der Waals surface area contributed by atoms with E-state index >= 15 is 0 Å². The first-order chi connectivity index (χ1) is 18.5. The lowest BCUT2D eigenvalue weighted by Crippen LogP contribution is -2.49. The van der Waals surface area contributed by atoms with E-state index in [0.29, 0.717) is 5.56 Å². The van der Waals surface area contributed by atoms with E-state index in [4.69, 9.17) is 0 Å². The molecule has 38 heavy (non-hydrogen) atoms. The molecule has 2 aromatic heterocycles. The fraction of sp³-hybridized carbons (Fsp3) is 0.448. The van der Waals surface area contributed by atoms with Crippen LogP contribution in [-0.4, -0.2) is 56.3 Å². The van der Waals surface area contributed by atoms with Gasteiger partial charge in [-0.05, 0) is 84.6 Å². The molecule has 3 heterocycles. The van der Waals surface area contributed by atoms with Gasteiger partial charge in [-0.25, -0.2) is 9.07 Å². The number of H-pyrrole nitrogens is 1. The molecule has 0 radical (unpaired) electrons. The van der Waals surface area contributed by atoms with Crippen molar-refractivity contribution in [1.29, 1.82) is 0 Å². The molecule has 1 aliphatic carbocycles. The molecule has 2 aliphatic rings. The Kier molecular flexibility index (Phi) is 6.69. The number of rotatable bonds is 5. The van der Waals surface area contributed by atoms with Crippen LogP contribution in [0.15, 0.2) is 47.3 Å². The summed E-state index contributed by atoms with van der Waals surface area (Å²) in [6, 6.07) is 12.7. The maximum Gasteiger partial charge on any atom is 0.253 e. The first-order valence-electron chi connectivity index (χ1n) is 13.6. The summed E-state index contributed by atoms with van der Waals surface area (Å²) in [7, 11) is 0. The van der Waals surface area contributed by atoms with Crippen molar-refractivity contribution in [2.24, 2.45) is 0 Å². The van der Waals surface area contributed by atoms with Gasteiger partial charge < -0.3 is 9.88 Å². The number of aryl methyl sites for hydroxylation is 2. The third kappa shape index (κ3) is 4.71. The number of hydrogen-bond acceptors (Lipinski definition) is 6. The largest absolute Gasteiger partial charge is 0.369 e. The molecule has 1 aliphatic heterocycles. The average Bonchev–Trinajstić information content (AvgIpc) is 3.40. The second-order valence-electron chi connectivity index (χ2n) is 10.8. The number of nitrogens with zero attached hydrogens (tertiary/aromatic N) is 6. The Hall–Kier alpha value is -3.59. The van der Waals surface area contributed by atoms with E-state index in [1.807, 2.05) is 35.9 Å². The summed E-state index contributed by atoms with van der Waals surface area (Å²) < 4.78 is 15.5. The Bertz CT molecular complexity index is 1480. The van der Waals surface area contributed by atoms with Gasteiger partial charge in [0.2, 0.25) is 0 Å². The van der Waals surface area contributed by atoms with Gasteiger partial charge in [0.25, 0.3) is 5.56 Å². The normalized spacial score (nSPS) is 18.2. The molecule has 1 saturated carbocycles. The maximum atomic E-state index is 13.6. The molecule has 198 valence electrons. The molecule has 1 atom stereocenters. The number of tetrazole rings is 1. The molecule has 0 spiro atoms. The van der Waals surface area contributed by atoms with E-state index in [1.54, 1.807) is 0 Å². The summed E-state index contributed by atoms with van der Waals surface area (Å²) in [5.41, 5.74) is 4.67. The van der Waals surface area contributed by atoms with Crippen molar-refractivity contribution in [3.05, 3.63) is 81.2 Å². The molecule has 1 unspecified atom stereocenters. The number of aromatic nitrogens is 5. The zero-order valence-electron chi connectivity index (χ0n) is 22.0. The van der Waals surface area contributed by atoms with Gasteiger partial charge in [0.15, 0.2) is 5.82 Å². The minimum atomic E-state index is -0.365. The lowest BCUT2D eigenvalue weighted by molar-refractivity contribution is 0.192. The fourth-order valence-corrected chi connectivity index (χ4v) is 6.25. The Morgan fingerprint density at radius 3 is 2.45 bits per heavy atom. The first-order valence-corrected chi connectivity index (χ1v) is 13.6. The highest BCUT2D eigenvalue weighted by molar-refractivity contribution is 5.83. The molecular weight excluding hydrogens is 481 g/mol. The number of benzene rings is 2. The van der Waals surface area contributed by atoms with Crippen LogP contribution in [0.5, 0.6) is 0 Å².